The highest BCUT2D eigenvalue weighted by molar-refractivity contribution is 7.18. The van der Waals surface area contributed by atoms with Gasteiger partial charge in [0.25, 0.3) is 0 Å². The Morgan fingerprint density at radius 2 is 2.26 bits per heavy atom. The van der Waals surface area contributed by atoms with Crippen molar-refractivity contribution in [2.24, 2.45) is 0 Å². The highest BCUT2D eigenvalue weighted by Gasteiger charge is 2.43. The molecule has 4 N–H and O–H groups in total. The summed E-state index contributed by atoms with van der Waals surface area (Å²) in [6.07, 6.45) is 0.757. The fraction of sp³-hybridized carbons (Fsp3) is 0.609. The quantitative estimate of drug-likeness (QED) is 0.427. The summed E-state index contributed by atoms with van der Waals surface area (Å²) < 4.78 is 11.8. The summed E-state index contributed by atoms with van der Waals surface area (Å²) >= 11 is 1.56. The molecule has 0 bridgehead atoms. The van der Waals surface area contributed by atoms with Crippen LogP contribution in [0.1, 0.15) is 30.7 Å². The Labute approximate surface area is 202 Å². The number of carbonyl (C=O) groups is 2. The first kappa shape index (κ1) is 23.6. The van der Waals surface area contributed by atoms with Crippen LogP contribution >= 0.6 is 11.3 Å². The van der Waals surface area contributed by atoms with Crippen LogP contribution in [0.2, 0.25) is 0 Å². The summed E-state index contributed by atoms with van der Waals surface area (Å²) in [6, 6.07) is 8.21. The van der Waals surface area contributed by atoms with E-state index in [9.17, 15) is 9.59 Å². The van der Waals surface area contributed by atoms with Gasteiger partial charge in [-0.15, -0.1) is 11.3 Å². The fourth-order valence-corrected chi connectivity index (χ4v) is 5.94. The van der Waals surface area contributed by atoms with Crippen molar-refractivity contribution in [1.82, 2.24) is 31.2 Å². The van der Waals surface area contributed by atoms with E-state index in [4.69, 9.17) is 14.5 Å². The van der Waals surface area contributed by atoms with Crippen molar-refractivity contribution in [1.29, 1.82) is 0 Å². The molecule has 10 nitrogen and oxygen atoms in total. The maximum atomic E-state index is 13.5. The van der Waals surface area contributed by atoms with Gasteiger partial charge in [0.15, 0.2) is 6.10 Å². The number of benzene rings is 1. The van der Waals surface area contributed by atoms with Gasteiger partial charge in [0.05, 0.1) is 29.6 Å². The van der Waals surface area contributed by atoms with Crippen LogP contribution in [0, 0.1) is 0 Å². The number of ether oxygens (including phenoxy) is 2. The average Bonchev–Trinajstić information content (AvgIpc) is 3.28. The molecule has 1 aromatic heterocycles. The van der Waals surface area contributed by atoms with Crippen molar-refractivity contribution in [3.63, 3.8) is 0 Å². The predicted octanol–water partition coefficient (Wildman–Crippen LogP) is 0.315. The summed E-state index contributed by atoms with van der Waals surface area (Å²) in [4.78, 5) is 32.6. The molecule has 2 aromatic rings. The number of fused-ring (bicyclic) bond motifs is 1. The second-order valence-electron chi connectivity index (χ2n) is 8.87. The number of amides is 1. The first-order valence-corrected chi connectivity index (χ1v) is 12.8. The third-order valence-corrected chi connectivity index (χ3v) is 7.65. The van der Waals surface area contributed by atoms with Crippen LogP contribution in [0.4, 0.5) is 0 Å². The zero-order chi connectivity index (χ0) is 23.5. The largest absolute Gasteiger partial charge is 0.464 e. The van der Waals surface area contributed by atoms with Crippen LogP contribution < -0.4 is 21.3 Å². The third-order valence-electron chi connectivity index (χ3n) is 6.53. The van der Waals surface area contributed by atoms with Gasteiger partial charge in [0.1, 0.15) is 17.2 Å². The van der Waals surface area contributed by atoms with Crippen molar-refractivity contribution < 1.29 is 19.1 Å². The molecule has 0 saturated carbocycles. The molecular formula is C23H32N6O4S. The number of morpholine rings is 1. The molecule has 1 amide bonds. The van der Waals surface area contributed by atoms with E-state index >= 15 is 0 Å². The van der Waals surface area contributed by atoms with Crippen LogP contribution in [0.3, 0.4) is 0 Å². The zero-order valence-electron chi connectivity index (χ0n) is 19.3. The van der Waals surface area contributed by atoms with Crippen molar-refractivity contribution in [3.8, 4) is 0 Å². The van der Waals surface area contributed by atoms with Gasteiger partial charge in [-0.2, -0.15) is 0 Å². The predicted molar refractivity (Wildman–Crippen MR) is 128 cm³/mol. The van der Waals surface area contributed by atoms with E-state index in [-0.39, 0.29) is 24.1 Å². The number of rotatable bonds is 6. The summed E-state index contributed by atoms with van der Waals surface area (Å²) in [6.45, 7) is 5.30. The molecule has 3 fully saturated rings. The number of carbonyl (C=O) groups excluding carboxylic acids is 2. The van der Waals surface area contributed by atoms with Gasteiger partial charge in [-0.3, -0.25) is 20.3 Å². The Bertz CT molecular complexity index is 979. The lowest BCUT2D eigenvalue weighted by Gasteiger charge is -2.45. The molecule has 5 atom stereocenters. The number of esters is 1. The van der Waals surface area contributed by atoms with E-state index in [0.717, 1.165) is 41.2 Å². The summed E-state index contributed by atoms with van der Waals surface area (Å²) in [5, 5.41) is 14.6. The SMILES string of the molecule is CCOC(=O)C1CN(C2NC(=O)C(c3nc4ccccc4s3)C(N[C@@H]3CCCNC3)N2)CCO1. The van der Waals surface area contributed by atoms with Crippen LogP contribution in [-0.2, 0) is 19.1 Å². The van der Waals surface area contributed by atoms with Crippen LogP contribution in [0.15, 0.2) is 24.3 Å². The zero-order valence-corrected chi connectivity index (χ0v) is 20.1. The Hall–Kier alpha value is -2.15. The fourth-order valence-electron chi connectivity index (χ4n) is 4.83. The normalized spacial score (nSPS) is 30.7. The van der Waals surface area contributed by atoms with Crippen molar-refractivity contribution in [2.75, 3.05) is 39.4 Å². The number of nitrogens with one attached hydrogen (secondary N) is 4. The molecule has 1 aromatic carbocycles. The van der Waals surface area contributed by atoms with E-state index in [2.05, 4.69) is 21.3 Å². The monoisotopic (exact) mass is 488 g/mol. The van der Waals surface area contributed by atoms with E-state index in [1.807, 2.05) is 29.2 Å². The lowest BCUT2D eigenvalue weighted by Crippen LogP contribution is -2.72. The number of aromatic nitrogens is 1. The Morgan fingerprint density at radius 3 is 3.06 bits per heavy atom. The molecule has 0 spiro atoms. The highest BCUT2D eigenvalue weighted by Crippen LogP contribution is 2.31. The van der Waals surface area contributed by atoms with Crippen LogP contribution in [-0.4, -0.2) is 85.8 Å². The van der Waals surface area contributed by atoms with Crippen LogP contribution in [0.5, 0.6) is 0 Å². The lowest BCUT2D eigenvalue weighted by molar-refractivity contribution is -0.165. The molecule has 34 heavy (non-hydrogen) atoms. The Morgan fingerprint density at radius 1 is 1.38 bits per heavy atom. The second kappa shape index (κ2) is 10.6. The minimum Gasteiger partial charge on any atom is -0.464 e. The summed E-state index contributed by atoms with van der Waals surface area (Å²) in [7, 11) is 0. The number of nitrogens with zero attached hydrogens (tertiary/aromatic N) is 2. The molecule has 3 aliphatic heterocycles. The van der Waals surface area contributed by atoms with Gasteiger partial charge in [0, 0.05) is 25.7 Å². The molecule has 4 heterocycles. The number of para-hydroxylation sites is 1. The van der Waals surface area contributed by atoms with Crippen LogP contribution in [0.25, 0.3) is 10.2 Å². The third kappa shape index (κ3) is 5.09. The minimum absolute atomic E-state index is 0.0803. The standard InChI is InChI=1S/C23H32N6O4S/c1-2-32-22(31)16-13-29(10-11-33-16)23-27-19(25-14-6-5-9-24-12-14)18(20(30)28-23)21-26-15-7-3-4-8-17(15)34-21/h3-4,7-8,14,16,18-19,23-25,27H,2,5-6,9-13H2,1H3,(H,28,30)/t14-,16?,18?,19?,23?/m1/s1. The Kier molecular flexibility index (Phi) is 7.37. The van der Waals surface area contributed by atoms with Crippen molar-refractivity contribution in [3.05, 3.63) is 29.3 Å². The van der Waals surface area contributed by atoms with Gasteiger partial charge < -0.3 is 20.1 Å². The Balaban J connectivity index is 1.36. The summed E-state index contributed by atoms with van der Waals surface area (Å²) in [5.74, 6) is -0.912. The molecule has 3 aliphatic rings. The number of thiazole rings is 1. The topological polar surface area (TPSA) is 117 Å². The molecule has 0 radical (unpaired) electrons. The van der Waals surface area contributed by atoms with Crippen molar-refractivity contribution >= 4 is 33.4 Å². The van der Waals surface area contributed by atoms with E-state index < -0.39 is 18.3 Å². The van der Waals surface area contributed by atoms with E-state index in [1.54, 1.807) is 18.3 Å². The molecule has 3 saturated heterocycles. The first-order valence-electron chi connectivity index (χ1n) is 12.0. The highest BCUT2D eigenvalue weighted by atomic mass is 32.1. The molecular weight excluding hydrogens is 456 g/mol. The number of hydrogen-bond donors (Lipinski definition) is 4. The van der Waals surface area contributed by atoms with Gasteiger partial charge in [0.2, 0.25) is 5.91 Å². The molecule has 11 heteroatoms. The minimum atomic E-state index is -0.664. The summed E-state index contributed by atoms with van der Waals surface area (Å²) in [5.41, 5.74) is 0.904. The van der Waals surface area contributed by atoms with Gasteiger partial charge in [-0.25, -0.2) is 9.78 Å². The van der Waals surface area contributed by atoms with Crippen molar-refractivity contribution in [2.45, 2.75) is 50.3 Å². The van der Waals surface area contributed by atoms with E-state index in [0.29, 0.717) is 26.3 Å². The van der Waals surface area contributed by atoms with E-state index in [1.165, 1.54) is 0 Å². The molecule has 0 aliphatic carbocycles. The smallest absolute Gasteiger partial charge is 0.336 e. The van der Waals surface area contributed by atoms with Gasteiger partial charge in [-0.05, 0) is 38.4 Å². The first-order chi connectivity index (χ1) is 16.6. The average molecular weight is 489 g/mol. The second-order valence-corrected chi connectivity index (χ2v) is 9.93. The maximum Gasteiger partial charge on any atom is 0.336 e. The number of hydrogen-bond acceptors (Lipinski definition) is 10. The van der Waals surface area contributed by atoms with Gasteiger partial charge >= 0.3 is 5.97 Å². The maximum absolute atomic E-state index is 13.5. The molecule has 184 valence electrons. The molecule has 4 unspecified atom stereocenters. The van der Waals surface area contributed by atoms with Gasteiger partial charge in [-0.1, -0.05) is 12.1 Å². The number of piperidine rings is 1. The molecule has 5 rings (SSSR count). The lowest BCUT2D eigenvalue weighted by atomic mass is 10.00.